The Hall–Kier alpha value is -1.35. The second-order valence-corrected chi connectivity index (χ2v) is 5.38. The second-order valence-electron chi connectivity index (χ2n) is 5.38. The van der Waals surface area contributed by atoms with E-state index >= 15 is 0 Å². The molecule has 1 fully saturated rings. The van der Waals surface area contributed by atoms with Gasteiger partial charge in [0, 0.05) is 0 Å². The average Bonchev–Trinajstić information content (AvgIpc) is 2.44. The number of rotatable bonds is 3. The van der Waals surface area contributed by atoms with Gasteiger partial charge in [-0.3, -0.25) is 4.90 Å². The molecule has 1 saturated heterocycles. The third-order valence-electron chi connectivity index (χ3n) is 3.91. The zero-order valence-electron chi connectivity index (χ0n) is 12.1. The largest absolute Gasteiger partial charge is 0.468 e. The molecule has 1 aromatic rings. The molecule has 0 N–H and O–H groups in total. The van der Waals surface area contributed by atoms with Crippen LogP contribution in [-0.4, -0.2) is 31.1 Å². The summed E-state index contributed by atoms with van der Waals surface area (Å²) in [5.41, 5.74) is 3.44. The first kappa shape index (κ1) is 14.1. The van der Waals surface area contributed by atoms with E-state index in [1.165, 1.54) is 31.9 Å². The van der Waals surface area contributed by atoms with Gasteiger partial charge in [-0.25, -0.2) is 4.79 Å². The molecule has 1 aromatic carbocycles. The van der Waals surface area contributed by atoms with E-state index in [9.17, 15) is 4.79 Å². The molecule has 1 aliphatic rings. The minimum Gasteiger partial charge on any atom is -0.468 e. The topological polar surface area (TPSA) is 29.5 Å². The zero-order valence-corrected chi connectivity index (χ0v) is 12.1. The minimum atomic E-state index is -0.245. The number of piperidine rings is 1. The Kier molecular flexibility index (Phi) is 4.59. The minimum absolute atomic E-state index is 0.143. The van der Waals surface area contributed by atoms with Crippen molar-refractivity contribution in [1.82, 2.24) is 4.90 Å². The molecule has 0 bridgehead atoms. The lowest BCUT2D eigenvalue weighted by molar-refractivity contribution is -0.147. The number of carbonyl (C=O) groups is 1. The molecule has 104 valence electrons. The van der Waals surface area contributed by atoms with E-state index < -0.39 is 0 Å². The van der Waals surface area contributed by atoms with Gasteiger partial charge in [-0.1, -0.05) is 30.2 Å². The van der Waals surface area contributed by atoms with Crippen LogP contribution in [0.4, 0.5) is 0 Å². The monoisotopic (exact) mass is 261 g/mol. The molecule has 1 unspecified atom stereocenters. The van der Waals surface area contributed by atoms with Crippen LogP contribution in [0.15, 0.2) is 18.2 Å². The number of carbonyl (C=O) groups excluding carboxylic acids is 1. The maximum absolute atomic E-state index is 12.2. The normalized spacial score (nSPS) is 18.1. The summed E-state index contributed by atoms with van der Waals surface area (Å²) in [4.78, 5) is 14.5. The lowest BCUT2D eigenvalue weighted by Gasteiger charge is -2.33. The number of benzene rings is 1. The summed E-state index contributed by atoms with van der Waals surface area (Å²) in [5, 5.41) is 0. The van der Waals surface area contributed by atoms with Crippen molar-refractivity contribution in [1.29, 1.82) is 0 Å². The third-order valence-corrected chi connectivity index (χ3v) is 3.91. The van der Waals surface area contributed by atoms with Gasteiger partial charge in [-0.05, 0) is 50.9 Å². The van der Waals surface area contributed by atoms with Crippen molar-refractivity contribution >= 4 is 5.97 Å². The Labute approximate surface area is 115 Å². The Morgan fingerprint density at radius 1 is 1.21 bits per heavy atom. The lowest BCUT2D eigenvalue weighted by atomic mass is 9.96. The molecule has 0 aromatic heterocycles. The first-order chi connectivity index (χ1) is 9.13. The Morgan fingerprint density at radius 3 is 2.53 bits per heavy atom. The highest BCUT2D eigenvalue weighted by Crippen LogP contribution is 2.28. The molecule has 1 aliphatic heterocycles. The maximum atomic E-state index is 12.2. The van der Waals surface area contributed by atoms with Gasteiger partial charge in [0.1, 0.15) is 6.04 Å². The van der Waals surface area contributed by atoms with Gasteiger partial charge in [-0.15, -0.1) is 0 Å². The van der Waals surface area contributed by atoms with Gasteiger partial charge in [0.15, 0.2) is 0 Å². The fourth-order valence-corrected chi connectivity index (χ4v) is 2.82. The van der Waals surface area contributed by atoms with Crippen LogP contribution >= 0.6 is 0 Å². The number of aryl methyl sites for hydroxylation is 2. The quantitative estimate of drug-likeness (QED) is 0.783. The van der Waals surface area contributed by atoms with E-state index in [2.05, 4.69) is 36.9 Å². The smallest absolute Gasteiger partial charge is 0.327 e. The summed E-state index contributed by atoms with van der Waals surface area (Å²) < 4.78 is 5.03. The Morgan fingerprint density at radius 2 is 1.89 bits per heavy atom. The molecule has 19 heavy (non-hydrogen) atoms. The first-order valence-electron chi connectivity index (χ1n) is 7.02. The highest BCUT2D eigenvalue weighted by molar-refractivity contribution is 5.78. The number of methoxy groups -OCH3 is 1. The predicted molar refractivity (Wildman–Crippen MR) is 76.1 cm³/mol. The van der Waals surface area contributed by atoms with Crippen molar-refractivity contribution < 1.29 is 9.53 Å². The van der Waals surface area contributed by atoms with Crippen LogP contribution in [0.5, 0.6) is 0 Å². The van der Waals surface area contributed by atoms with Crippen molar-refractivity contribution in [2.24, 2.45) is 0 Å². The van der Waals surface area contributed by atoms with Crippen LogP contribution in [0.3, 0.4) is 0 Å². The third kappa shape index (κ3) is 3.16. The fraction of sp³-hybridized carbons (Fsp3) is 0.562. The number of ether oxygens (including phenoxy) is 1. The van der Waals surface area contributed by atoms with Gasteiger partial charge in [0.05, 0.1) is 7.11 Å². The number of nitrogens with zero attached hydrogens (tertiary/aromatic N) is 1. The van der Waals surface area contributed by atoms with Crippen molar-refractivity contribution in [3.05, 3.63) is 34.9 Å². The molecule has 0 spiro atoms. The SMILES string of the molecule is COC(=O)C(c1cc(C)ccc1C)N1CCCCC1. The summed E-state index contributed by atoms with van der Waals surface area (Å²) in [6.07, 6.45) is 3.59. The molecule has 3 nitrogen and oxygen atoms in total. The highest BCUT2D eigenvalue weighted by Gasteiger charge is 2.30. The summed E-state index contributed by atoms with van der Waals surface area (Å²) in [6.45, 7) is 6.09. The molecular formula is C16H23NO2. The molecule has 2 rings (SSSR count). The van der Waals surface area contributed by atoms with E-state index in [-0.39, 0.29) is 12.0 Å². The molecule has 0 saturated carbocycles. The van der Waals surface area contributed by atoms with Gasteiger partial charge in [-0.2, -0.15) is 0 Å². The van der Waals surface area contributed by atoms with Crippen LogP contribution in [0.1, 0.15) is 42.0 Å². The molecule has 3 heteroatoms. The van der Waals surface area contributed by atoms with Gasteiger partial charge in [0.2, 0.25) is 0 Å². The number of esters is 1. The first-order valence-corrected chi connectivity index (χ1v) is 7.02. The second kappa shape index (κ2) is 6.20. The number of likely N-dealkylation sites (tertiary alicyclic amines) is 1. The Balaban J connectivity index is 2.36. The van der Waals surface area contributed by atoms with E-state index in [0.29, 0.717) is 0 Å². The van der Waals surface area contributed by atoms with Gasteiger partial charge in [0.25, 0.3) is 0 Å². The highest BCUT2D eigenvalue weighted by atomic mass is 16.5. The van der Waals surface area contributed by atoms with Gasteiger partial charge >= 0.3 is 5.97 Å². The maximum Gasteiger partial charge on any atom is 0.327 e. The van der Waals surface area contributed by atoms with Crippen LogP contribution in [0.25, 0.3) is 0 Å². The molecule has 0 amide bonds. The van der Waals surface area contributed by atoms with Crippen LogP contribution < -0.4 is 0 Å². The Bertz CT molecular complexity index is 450. The van der Waals surface area contributed by atoms with Crippen LogP contribution in [-0.2, 0) is 9.53 Å². The number of hydrogen-bond acceptors (Lipinski definition) is 3. The molecule has 1 atom stereocenters. The van der Waals surface area contributed by atoms with Crippen LogP contribution in [0, 0.1) is 13.8 Å². The standard InChI is InChI=1S/C16H23NO2/c1-12-7-8-13(2)14(11-12)15(16(18)19-3)17-9-5-4-6-10-17/h7-8,11,15H,4-6,9-10H2,1-3H3. The summed E-state index contributed by atoms with van der Waals surface area (Å²) in [6, 6.07) is 6.05. The number of hydrogen-bond donors (Lipinski definition) is 0. The molecule has 1 heterocycles. The zero-order chi connectivity index (χ0) is 13.8. The van der Waals surface area contributed by atoms with E-state index in [0.717, 1.165) is 24.2 Å². The van der Waals surface area contributed by atoms with Crippen molar-refractivity contribution in [2.75, 3.05) is 20.2 Å². The van der Waals surface area contributed by atoms with Crippen LogP contribution in [0.2, 0.25) is 0 Å². The van der Waals surface area contributed by atoms with Crippen molar-refractivity contribution in [3.8, 4) is 0 Å². The summed E-state index contributed by atoms with van der Waals surface area (Å²) in [5.74, 6) is -0.143. The summed E-state index contributed by atoms with van der Waals surface area (Å²) >= 11 is 0. The van der Waals surface area contributed by atoms with E-state index in [1.807, 2.05) is 0 Å². The predicted octanol–water partition coefficient (Wildman–Crippen LogP) is 3.00. The van der Waals surface area contributed by atoms with E-state index in [1.54, 1.807) is 0 Å². The molecule has 0 aliphatic carbocycles. The molecular weight excluding hydrogens is 238 g/mol. The van der Waals surface area contributed by atoms with E-state index in [4.69, 9.17) is 4.74 Å². The molecule has 0 radical (unpaired) electrons. The lowest BCUT2D eigenvalue weighted by Crippen LogP contribution is -2.38. The summed E-state index contributed by atoms with van der Waals surface area (Å²) in [7, 11) is 1.48. The average molecular weight is 261 g/mol. The fourth-order valence-electron chi connectivity index (χ4n) is 2.82. The van der Waals surface area contributed by atoms with Crippen molar-refractivity contribution in [2.45, 2.75) is 39.2 Å². The van der Waals surface area contributed by atoms with Crippen molar-refractivity contribution in [3.63, 3.8) is 0 Å². The van der Waals surface area contributed by atoms with Gasteiger partial charge < -0.3 is 4.74 Å².